The zero-order valence-electron chi connectivity index (χ0n) is 16.9. The van der Waals surface area contributed by atoms with E-state index in [1.165, 1.54) is 24.3 Å². The largest absolute Gasteiger partial charge is 0.748 e. The predicted molar refractivity (Wildman–Crippen MR) is 109 cm³/mol. The zero-order chi connectivity index (χ0) is 20.3. The van der Waals surface area contributed by atoms with Crippen molar-refractivity contribution in [2.24, 2.45) is 16.7 Å². The van der Waals surface area contributed by atoms with E-state index in [9.17, 15) is 22.6 Å². The molecule has 0 spiro atoms. The average molecular weight is 419 g/mol. The molecule has 0 amide bonds. The van der Waals surface area contributed by atoms with E-state index >= 15 is 0 Å². The van der Waals surface area contributed by atoms with Gasteiger partial charge in [0.05, 0.1) is 15.9 Å². The summed E-state index contributed by atoms with van der Waals surface area (Å²) < 4.78 is 32.7. The number of hydrogen-bond donors (Lipinski definition) is 0. The molecular formula is C20H34O5S2. The van der Waals surface area contributed by atoms with Crippen LogP contribution in [-0.4, -0.2) is 47.5 Å². The summed E-state index contributed by atoms with van der Waals surface area (Å²) in [7, 11) is -3.84. The van der Waals surface area contributed by atoms with Crippen molar-refractivity contribution >= 4 is 32.6 Å². The minimum atomic E-state index is -4.33. The molecule has 0 aromatic carbocycles. The maximum atomic E-state index is 11.8. The van der Waals surface area contributed by atoms with Gasteiger partial charge in [-0.3, -0.25) is 9.59 Å². The van der Waals surface area contributed by atoms with E-state index in [1.807, 2.05) is 13.8 Å². The van der Waals surface area contributed by atoms with E-state index in [0.29, 0.717) is 29.5 Å². The summed E-state index contributed by atoms with van der Waals surface area (Å²) in [6.45, 7) is 5.98. The Morgan fingerprint density at radius 3 is 2.33 bits per heavy atom. The van der Waals surface area contributed by atoms with Crippen LogP contribution in [0.2, 0.25) is 0 Å². The number of rotatable bonds is 7. The fourth-order valence-corrected chi connectivity index (χ4v) is 8.54. The Kier molecular flexibility index (Phi) is 7.59. The van der Waals surface area contributed by atoms with Crippen LogP contribution in [0, 0.1) is 16.7 Å². The second kappa shape index (κ2) is 8.95. The normalized spacial score (nSPS) is 29.6. The fourth-order valence-electron chi connectivity index (χ4n) is 4.94. The molecule has 5 nitrogen and oxygen atoms in total. The highest BCUT2D eigenvalue weighted by atomic mass is 32.2. The van der Waals surface area contributed by atoms with Crippen LogP contribution in [0.3, 0.4) is 0 Å². The third kappa shape index (κ3) is 5.36. The van der Waals surface area contributed by atoms with Gasteiger partial charge in [0.1, 0.15) is 17.3 Å². The first-order valence-corrected chi connectivity index (χ1v) is 13.5. The second-order valence-corrected chi connectivity index (χ2v) is 12.6. The lowest BCUT2D eigenvalue weighted by Gasteiger charge is -2.37. The monoisotopic (exact) mass is 418 g/mol. The number of Topliss-reactive ketones (excluding diaryl/α,β-unsaturated/α-hetero) is 2. The lowest BCUT2D eigenvalue weighted by Crippen LogP contribution is -2.42. The summed E-state index contributed by atoms with van der Waals surface area (Å²) >= 11 is 0. The van der Waals surface area contributed by atoms with Gasteiger partial charge in [-0.1, -0.05) is 27.2 Å². The van der Waals surface area contributed by atoms with Gasteiger partial charge in [-0.25, -0.2) is 8.42 Å². The van der Waals surface area contributed by atoms with Gasteiger partial charge in [0, 0.05) is 18.3 Å². The molecule has 156 valence electrons. The minimum Gasteiger partial charge on any atom is -0.748 e. The number of unbranched alkanes of at least 4 members (excludes halogenated alkanes) is 1. The van der Waals surface area contributed by atoms with Crippen LogP contribution in [0.25, 0.3) is 0 Å². The Hall–Kier alpha value is -0.400. The molecule has 2 unspecified atom stereocenters. The lowest BCUT2D eigenvalue weighted by molar-refractivity contribution is -0.128. The van der Waals surface area contributed by atoms with E-state index in [4.69, 9.17) is 0 Å². The van der Waals surface area contributed by atoms with E-state index in [0.717, 1.165) is 31.4 Å². The molecule has 1 saturated heterocycles. The van der Waals surface area contributed by atoms with Crippen LogP contribution in [0.5, 0.6) is 0 Å². The summed E-state index contributed by atoms with van der Waals surface area (Å²) in [6.07, 6.45) is 7.69. The molecule has 2 bridgehead atoms. The number of hydrogen-bond acceptors (Lipinski definition) is 5. The van der Waals surface area contributed by atoms with Crippen molar-refractivity contribution in [1.29, 1.82) is 0 Å². The summed E-state index contributed by atoms with van der Waals surface area (Å²) in [5, 5.41) is 0. The molecule has 7 heteroatoms. The highest BCUT2D eigenvalue weighted by molar-refractivity contribution is 7.97. The van der Waals surface area contributed by atoms with Crippen LogP contribution in [0.15, 0.2) is 0 Å². The van der Waals surface area contributed by atoms with Crippen molar-refractivity contribution in [3.8, 4) is 0 Å². The van der Waals surface area contributed by atoms with Gasteiger partial charge in [0.2, 0.25) is 0 Å². The summed E-state index contributed by atoms with van der Waals surface area (Å²) in [5.41, 5.74) is -1.22. The molecular weight excluding hydrogens is 384 g/mol. The van der Waals surface area contributed by atoms with Crippen molar-refractivity contribution in [3.63, 3.8) is 0 Å². The van der Waals surface area contributed by atoms with Gasteiger partial charge in [-0.05, 0) is 54.3 Å². The number of ketones is 2. The Bertz CT molecular complexity index is 649. The van der Waals surface area contributed by atoms with E-state index in [-0.39, 0.29) is 17.1 Å². The van der Waals surface area contributed by atoms with Crippen molar-refractivity contribution in [2.75, 3.05) is 23.0 Å². The van der Waals surface area contributed by atoms with Crippen molar-refractivity contribution in [1.82, 2.24) is 0 Å². The molecule has 2 saturated carbocycles. The second-order valence-electron chi connectivity index (χ2n) is 8.88. The molecule has 1 aliphatic heterocycles. The maximum Gasteiger partial charge on any atom is 0.181 e. The zero-order valence-corrected chi connectivity index (χ0v) is 18.6. The average Bonchev–Trinajstić information content (AvgIpc) is 3.18. The highest BCUT2D eigenvalue weighted by Gasteiger charge is 2.64. The molecule has 2 atom stereocenters. The van der Waals surface area contributed by atoms with E-state index < -0.39 is 21.3 Å². The first-order valence-electron chi connectivity index (χ1n) is 10.1. The smallest absolute Gasteiger partial charge is 0.181 e. The Morgan fingerprint density at radius 2 is 1.89 bits per heavy atom. The van der Waals surface area contributed by atoms with Crippen molar-refractivity contribution in [2.45, 2.75) is 72.1 Å². The van der Waals surface area contributed by atoms with Crippen LogP contribution in [0.4, 0.5) is 0 Å². The van der Waals surface area contributed by atoms with Crippen LogP contribution >= 0.6 is 0 Å². The van der Waals surface area contributed by atoms with Crippen molar-refractivity contribution in [3.05, 3.63) is 0 Å². The lowest BCUT2D eigenvalue weighted by atomic mass is 9.70. The molecule has 2 aliphatic carbocycles. The summed E-state index contributed by atoms with van der Waals surface area (Å²) in [6, 6.07) is 0. The van der Waals surface area contributed by atoms with Gasteiger partial charge < -0.3 is 4.55 Å². The van der Waals surface area contributed by atoms with E-state index in [2.05, 4.69) is 6.92 Å². The first-order chi connectivity index (χ1) is 12.5. The van der Waals surface area contributed by atoms with Gasteiger partial charge in [0.25, 0.3) is 0 Å². The molecule has 3 aliphatic rings. The van der Waals surface area contributed by atoms with Gasteiger partial charge in [0.15, 0.2) is 11.5 Å². The SMILES string of the molecule is CC1(C)C2CCC1(CS(=O)(=O)[O-])C(=O)C2.CCCCC(=O)C[S+]1CCCC1. The topological polar surface area (TPSA) is 91.3 Å². The highest BCUT2D eigenvalue weighted by Crippen LogP contribution is 2.64. The Balaban J connectivity index is 0.000000199. The predicted octanol–water partition coefficient (Wildman–Crippen LogP) is 3.08. The molecule has 1 heterocycles. The van der Waals surface area contributed by atoms with E-state index in [1.54, 1.807) is 0 Å². The first kappa shape index (κ1) is 22.9. The standard InChI is InChI=1S/C10H16O4S.C10H19OS/c1-9(2)7-3-4-10(9,8(11)5-7)6-15(12,13)14;1-2-3-6-10(11)9-12-7-4-5-8-12/h7H,3-6H2,1-2H3,(H,12,13,14);2-9H2,1H3/q;+1/p-1. The Morgan fingerprint density at radius 1 is 1.26 bits per heavy atom. The Labute approximate surface area is 167 Å². The molecule has 3 rings (SSSR count). The molecule has 0 N–H and O–H groups in total. The molecule has 0 aromatic heterocycles. The third-order valence-corrected chi connectivity index (χ3v) is 10.2. The summed E-state index contributed by atoms with van der Waals surface area (Å²) in [5.74, 6) is 3.80. The maximum absolute atomic E-state index is 11.8. The van der Waals surface area contributed by atoms with Gasteiger partial charge in [-0.15, -0.1) is 0 Å². The van der Waals surface area contributed by atoms with Gasteiger partial charge in [-0.2, -0.15) is 0 Å². The van der Waals surface area contributed by atoms with Crippen LogP contribution in [-0.2, 0) is 30.6 Å². The summed E-state index contributed by atoms with van der Waals surface area (Å²) in [4.78, 5) is 23.2. The molecule has 27 heavy (non-hydrogen) atoms. The third-order valence-electron chi connectivity index (χ3n) is 6.85. The van der Waals surface area contributed by atoms with Crippen LogP contribution in [0.1, 0.15) is 72.1 Å². The van der Waals surface area contributed by atoms with Crippen LogP contribution < -0.4 is 0 Å². The number of fused-ring (bicyclic) bond motifs is 2. The molecule has 0 radical (unpaired) electrons. The van der Waals surface area contributed by atoms with Crippen molar-refractivity contribution < 1.29 is 22.6 Å². The minimum absolute atomic E-state index is 0.0248. The molecule has 0 aromatic rings. The fraction of sp³-hybridized carbons (Fsp3) is 0.900. The molecule has 3 fully saturated rings. The quantitative estimate of drug-likeness (QED) is 0.468. The number of carbonyl (C=O) groups excluding carboxylic acids is 2. The number of carbonyl (C=O) groups is 2. The van der Waals surface area contributed by atoms with Gasteiger partial charge >= 0.3 is 0 Å².